The minimum atomic E-state index is -5.74. The first-order valence-corrected chi connectivity index (χ1v) is 15.9. The van der Waals surface area contributed by atoms with Gasteiger partial charge in [-0.05, 0) is 12.8 Å². The van der Waals surface area contributed by atoms with Crippen molar-refractivity contribution in [2.45, 2.75) is 37.4 Å². The second-order valence-electron chi connectivity index (χ2n) is 8.27. The number of carbonyl (C=O) groups excluding carboxylic acids is 1. The third-order valence-corrected chi connectivity index (χ3v) is 9.02. The number of aliphatic hydroxyl groups is 2. The lowest BCUT2D eigenvalue weighted by Crippen LogP contribution is -2.33. The van der Waals surface area contributed by atoms with Gasteiger partial charge in [-0.25, -0.2) is 34.5 Å². The van der Waals surface area contributed by atoms with Gasteiger partial charge in [0.1, 0.15) is 31.2 Å². The number of hydrogen-bond donors (Lipinski definition) is 9. The molecule has 1 amide bonds. The van der Waals surface area contributed by atoms with Gasteiger partial charge in [-0.1, -0.05) is 0 Å². The molecule has 0 aromatic carbocycles. The summed E-state index contributed by atoms with van der Waals surface area (Å²) in [6, 6.07) is 0. The lowest BCUT2D eigenvalue weighted by atomic mass is 10.1. The van der Waals surface area contributed by atoms with Crippen LogP contribution in [0.2, 0.25) is 0 Å². The van der Waals surface area contributed by atoms with Crippen molar-refractivity contribution in [2.75, 3.05) is 31.6 Å². The van der Waals surface area contributed by atoms with Crippen LogP contribution in [0.5, 0.6) is 0 Å². The summed E-state index contributed by atoms with van der Waals surface area (Å²) in [4.78, 5) is 64.0. The number of aliphatic hydroxyl groups excluding tert-OH is 2. The molecule has 25 heteroatoms. The van der Waals surface area contributed by atoms with Crippen LogP contribution in [0.25, 0.3) is 11.2 Å². The van der Waals surface area contributed by atoms with Crippen LogP contribution in [0, 0.1) is 0 Å². The minimum Gasteiger partial charge on any atom is -0.387 e. The quantitative estimate of drug-likeness (QED) is 0.0537. The summed E-state index contributed by atoms with van der Waals surface area (Å²) >= 11 is 0. The third kappa shape index (κ3) is 9.79. The van der Waals surface area contributed by atoms with Gasteiger partial charge in [0.05, 0.1) is 12.9 Å². The van der Waals surface area contributed by atoms with Crippen molar-refractivity contribution in [3.63, 3.8) is 0 Å². The van der Waals surface area contributed by atoms with Crippen molar-refractivity contribution in [1.29, 1.82) is 0 Å². The largest absolute Gasteiger partial charge is 0.490 e. The van der Waals surface area contributed by atoms with E-state index in [2.05, 4.69) is 43.6 Å². The predicted molar refractivity (Wildman–Crippen MR) is 132 cm³/mol. The van der Waals surface area contributed by atoms with Gasteiger partial charge in [-0.2, -0.15) is 8.62 Å². The molecule has 41 heavy (non-hydrogen) atoms. The molecule has 2 aromatic heterocycles. The molecule has 0 saturated carbocycles. The van der Waals surface area contributed by atoms with Crippen LogP contribution in [0.1, 0.15) is 19.1 Å². The van der Waals surface area contributed by atoms with Crippen LogP contribution in [0.15, 0.2) is 12.7 Å². The van der Waals surface area contributed by atoms with Crippen LogP contribution in [0.4, 0.5) is 5.82 Å². The fraction of sp³-hybridized carbons (Fsp3) is 0.625. The Morgan fingerprint density at radius 3 is 2.41 bits per heavy atom. The number of rotatable bonds is 16. The van der Waals surface area contributed by atoms with Gasteiger partial charge in [-0.3, -0.25) is 18.7 Å². The number of nitrogens with one attached hydrogen (secondary N) is 2. The van der Waals surface area contributed by atoms with Gasteiger partial charge in [0.2, 0.25) is 5.91 Å². The molecule has 0 aliphatic carbocycles. The first-order valence-electron chi connectivity index (χ1n) is 11.4. The SMILES string of the molecule is NOCC(=O)NCCCCNc1ncnc2c1ncn2[C@@H]1O[C@H](COP(=O)(O)OP(=O)(O)OP(=O)(O)O)[C@@H](O)[C@H]1O. The molecule has 3 rings (SSSR count). The molecule has 1 aliphatic heterocycles. The standard InChI is InChI=1S/C16H28N7O15P3/c17-34-6-10(24)18-3-1-2-4-19-14-11-15(21-7-20-14)23(8-22-11)16-13(26)12(25)9(36-16)5-35-40(30,31)38-41(32,33)37-39(27,28)29/h7-9,12-13,16,25-26H,1-6,17H2,(H,18,24)(H,30,31)(H,32,33)(H,19,20,21)(H2,27,28,29)/t9-,12-,13-,16-/m1/s1. The lowest BCUT2D eigenvalue weighted by molar-refractivity contribution is -0.125. The average molecular weight is 651 g/mol. The maximum Gasteiger partial charge on any atom is 0.490 e. The zero-order valence-electron chi connectivity index (χ0n) is 20.8. The second-order valence-corrected chi connectivity index (χ2v) is 12.7. The molecule has 1 saturated heterocycles. The van der Waals surface area contributed by atoms with Crippen LogP contribution in [-0.4, -0.2) is 99.8 Å². The highest BCUT2D eigenvalue weighted by atomic mass is 31.3. The molecule has 22 nitrogen and oxygen atoms in total. The molecule has 0 radical (unpaired) electrons. The Labute approximate surface area is 230 Å². The van der Waals surface area contributed by atoms with Crippen molar-refractivity contribution in [2.24, 2.45) is 5.90 Å². The molecule has 0 spiro atoms. The fourth-order valence-corrected chi connectivity index (χ4v) is 6.58. The molecule has 2 unspecified atom stereocenters. The van der Waals surface area contributed by atoms with Gasteiger partial charge in [-0.15, -0.1) is 0 Å². The number of nitrogens with two attached hydrogens (primary N) is 1. The maximum absolute atomic E-state index is 12.0. The average Bonchev–Trinajstić information content (AvgIpc) is 3.39. The van der Waals surface area contributed by atoms with Crippen molar-refractivity contribution < 1.29 is 71.0 Å². The van der Waals surface area contributed by atoms with Gasteiger partial charge in [0.25, 0.3) is 0 Å². The Balaban J connectivity index is 1.59. The Morgan fingerprint density at radius 1 is 1.02 bits per heavy atom. The number of nitrogens with zero attached hydrogens (tertiary/aromatic N) is 4. The summed E-state index contributed by atoms with van der Waals surface area (Å²) in [6.45, 7) is -0.371. The topological polar surface area (TPSA) is 329 Å². The number of imidazole rings is 1. The van der Waals surface area contributed by atoms with E-state index in [-0.39, 0.29) is 23.7 Å². The van der Waals surface area contributed by atoms with Crippen molar-refractivity contribution in [3.8, 4) is 0 Å². The molecule has 232 valence electrons. The predicted octanol–water partition coefficient (Wildman–Crippen LogP) is -2.01. The molecular weight excluding hydrogens is 623 g/mol. The summed E-state index contributed by atoms with van der Waals surface area (Å²) in [5.41, 5.74) is 0.462. The van der Waals surface area contributed by atoms with Gasteiger partial charge in [0.15, 0.2) is 23.2 Å². The minimum absolute atomic E-state index is 0.182. The number of fused-ring (bicyclic) bond motifs is 1. The van der Waals surface area contributed by atoms with Crippen molar-refractivity contribution in [3.05, 3.63) is 12.7 Å². The van der Waals surface area contributed by atoms with E-state index >= 15 is 0 Å². The van der Waals surface area contributed by atoms with Gasteiger partial charge in [0, 0.05) is 13.1 Å². The Bertz CT molecular complexity index is 1340. The number of anilines is 1. The van der Waals surface area contributed by atoms with Crippen molar-refractivity contribution in [1.82, 2.24) is 24.8 Å². The summed E-state index contributed by atoms with van der Waals surface area (Å²) in [6.07, 6.45) is -2.43. The Hall–Kier alpha value is -1.97. The highest BCUT2D eigenvalue weighted by molar-refractivity contribution is 7.66. The smallest absolute Gasteiger partial charge is 0.387 e. The summed E-state index contributed by atoms with van der Waals surface area (Å²) in [7, 11) is -16.8. The van der Waals surface area contributed by atoms with Crippen LogP contribution in [0.3, 0.4) is 0 Å². The highest BCUT2D eigenvalue weighted by Crippen LogP contribution is 2.66. The highest BCUT2D eigenvalue weighted by Gasteiger charge is 2.47. The molecular formula is C16H28N7O15P3. The van der Waals surface area contributed by atoms with Crippen molar-refractivity contribution >= 4 is 46.4 Å². The van der Waals surface area contributed by atoms with Crippen LogP contribution in [-0.2, 0) is 41.2 Å². The molecule has 3 heterocycles. The monoisotopic (exact) mass is 651 g/mol. The van der Waals surface area contributed by atoms with E-state index in [1.165, 1.54) is 17.2 Å². The molecule has 1 aliphatic rings. The number of amides is 1. The number of phosphoric ester groups is 1. The van der Waals surface area contributed by atoms with E-state index in [4.69, 9.17) is 20.4 Å². The Morgan fingerprint density at radius 2 is 1.73 bits per heavy atom. The summed E-state index contributed by atoms with van der Waals surface area (Å²) < 4.78 is 52.7. The third-order valence-electron chi connectivity index (χ3n) is 5.22. The maximum atomic E-state index is 12.0. The molecule has 6 atom stereocenters. The van der Waals surface area contributed by atoms with E-state index in [0.717, 1.165) is 0 Å². The fourth-order valence-electron chi connectivity index (χ4n) is 3.55. The molecule has 0 bridgehead atoms. The van der Waals surface area contributed by atoms with E-state index < -0.39 is 54.6 Å². The van der Waals surface area contributed by atoms with E-state index in [9.17, 15) is 38.5 Å². The van der Waals surface area contributed by atoms with Crippen LogP contribution < -0.4 is 16.5 Å². The van der Waals surface area contributed by atoms with Crippen LogP contribution >= 0.6 is 23.5 Å². The van der Waals surface area contributed by atoms with Gasteiger partial charge < -0.3 is 45.2 Å². The lowest BCUT2D eigenvalue weighted by Gasteiger charge is -2.19. The van der Waals surface area contributed by atoms with E-state index in [1.807, 2.05) is 0 Å². The number of phosphoric acid groups is 3. The number of unbranched alkanes of at least 4 members (excludes halogenated alkanes) is 1. The first-order chi connectivity index (χ1) is 19.1. The second kappa shape index (κ2) is 14.0. The number of carbonyl (C=O) groups is 1. The Kier molecular flexibility index (Phi) is 11.5. The molecule has 1 fully saturated rings. The molecule has 10 N–H and O–H groups in total. The summed E-state index contributed by atoms with van der Waals surface area (Å²) in [5, 5.41) is 26.6. The normalized spacial score (nSPS) is 24.2. The zero-order valence-corrected chi connectivity index (χ0v) is 23.5. The zero-order chi connectivity index (χ0) is 30.4. The number of ether oxygens (including phenoxy) is 1. The number of aromatic nitrogens is 4. The van der Waals surface area contributed by atoms with E-state index in [1.54, 1.807) is 0 Å². The first kappa shape index (κ1) is 33.5. The summed E-state index contributed by atoms with van der Waals surface area (Å²) in [5.74, 6) is 4.82. The van der Waals surface area contributed by atoms with E-state index in [0.29, 0.717) is 31.7 Å². The number of hydrogen-bond acceptors (Lipinski definition) is 16. The van der Waals surface area contributed by atoms with Gasteiger partial charge >= 0.3 is 23.5 Å². The molecule has 2 aromatic rings.